The summed E-state index contributed by atoms with van der Waals surface area (Å²) in [5.41, 5.74) is -0.437. The molecule has 5 heteroatoms. The Morgan fingerprint density at radius 1 is 1.29 bits per heavy atom. The first-order valence-corrected chi connectivity index (χ1v) is 6.18. The van der Waals surface area contributed by atoms with E-state index in [9.17, 15) is 9.59 Å². The third-order valence-electron chi connectivity index (χ3n) is 3.62. The molecule has 3 amide bonds. The summed E-state index contributed by atoms with van der Waals surface area (Å²) < 4.78 is 0. The average molecular weight is 239 g/mol. The lowest BCUT2D eigenvalue weighted by molar-refractivity contribution is -0.141. The molecule has 2 heterocycles. The third kappa shape index (κ3) is 2.37. The van der Waals surface area contributed by atoms with E-state index in [1.54, 1.807) is 0 Å². The molecule has 0 aromatic carbocycles. The SMILES string of the molecule is CC(C)(C)C(=O)N1CCC2(CC1)CNC(=O)N2. The predicted octanol–water partition coefficient (Wildman–Crippen LogP) is 0.707. The molecule has 2 N–H and O–H groups in total. The maximum absolute atomic E-state index is 12.1. The zero-order valence-corrected chi connectivity index (χ0v) is 10.8. The first-order valence-electron chi connectivity index (χ1n) is 6.18. The van der Waals surface area contributed by atoms with Crippen LogP contribution in [0, 0.1) is 5.41 Å². The van der Waals surface area contributed by atoms with Crippen LogP contribution in [0.4, 0.5) is 4.79 Å². The van der Waals surface area contributed by atoms with Crippen molar-refractivity contribution in [2.24, 2.45) is 5.41 Å². The van der Waals surface area contributed by atoms with E-state index in [-0.39, 0.29) is 22.9 Å². The summed E-state index contributed by atoms with van der Waals surface area (Å²) >= 11 is 0. The van der Waals surface area contributed by atoms with E-state index in [4.69, 9.17) is 0 Å². The third-order valence-corrected chi connectivity index (χ3v) is 3.62. The van der Waals surface area contributed by atoms with Crippen LogP contribution in [-0.2, 0) is 4.79 Å². The van der Waals surface area contributed by atoms with Crippen LogP contribution >= 0.6 is 0 Å². The molecule has 2 aliphatic rings. The fraction of sp³-hybridized carbons (Fsp3) is 0.833. The number of likely N-dealkylation sites (tertiary alicyclic amines) is 1. The van der Waals surface area contributed by atoms with E-state index >= 15 is 0 Å². The van der Waals surface area contributed by atoms with E-state index in [2.05, 4.69) is 10.6 Å². The number of amides is 3. The highest BCUT2D eigenvalue weighted by Gasteiger charge is 2.42. The molecule has 2 saturated heterocycles. The number of nitrogens with zero attached hydrogens (tertiary/aromatic N) is 1. The number of nitrogens with one attached hydrogen (secondary N) is 2. The van der Waals surface area contributed by atoms with Crippen molar-refractivity contribution in [3.63, 3.8) is 0 Å². The highest BCUT2D eigenvalue weighted by molar-refractivity contribution is 5.82. The molecule has 0 aliphatic carbocycles. The first kappa shape index (κ1) is 12.2. The molecule has 0 saturated carbocycles. The Hall–Kier alpha value is -1.26. The number of urea groups is 1. The van der Waals surface area contributed by atoms with Crippen molar-refractivity contribution in [3.05, 3.63) is 0 Å². The van der Waals surface area contributed by atoms with Gasteiger partial charge in [0, 0.05) is 25.0 Å². The highest BCUT2D eigenvalue weighted by atomic mass is 16.2. The standard InChI is InChI=1S/C12H21N3O2/c1-11(2,3)9(16)15-6-4-12(5-7-15)8-13-10(17)14-12/h4-8H2,1-3H3,(H2,13,14,17). The minimum absolute atomic E-state index is 0.0828. The molecule has 2 fully saturated rings. The van der Waals surface area contributed by atoms with Gasteiger partial charge in [0.25, 0.3) is 0 Å². The van der Waals surface area contributed by atoms with Gasteiger partial charge in [-0.2, -0.15) is 0 Å². The van der Waals surface area contributed by atoms with Crippen molar-refractivity contribution in [2.75, 3.05) is 19.6 Å². The van der Waals surface area contributed by atoms with Crippen molar-refractivity contribution in [1.29, 1.82) is 0 Å². The van der Waals surface area contributed by atoms with Crippen molar-refractivity contribution >= 4 is 11.9 Å². The maximum Gasteiger partial charge on any atom is 0.315 e. The topological polar surface area (TPSA) is 61.4 Å². The highest BCUT2D eigenvalue weighted by Crippen LogP contribution is 2.27. The van der Waals surface area contributed by atoms with Gasteiger partial charge in [0.2, 0.25) is 5.91 Å². The van der Waals surface area contributed by atoms with Crippen LogP contribution in [0.1, 0.15) is 33.6 Å². The van der Waals surface area contributed by atoms with Crippen molar-refractivity contribution in [2.45, 2.75) is 39.2 Å². The van der Waals surface area contributed by atoms with Crippen LogP contribution in [0.25, 0.3) is 0 Å². The number of rotatable bonds is 0. The normalized spacial score (nSPS) is 23.5. The summed E-state index contributed by atoms with van der Waals surface area (Å²) in [5, 5.41) is 5.78. The monoisotopic (exact) mass is 239 g/mol. The Labute approximate surface area is 102 Å². The Kier molecular flexibility index (Phi) is 2.79. The number of hydrogen-bond acceptors (Lipinski definition) is 2. The van der Waals surface area contributed by atoms with Crippen LogP contribution in [-0.4, -0.2) is 42.0 Å². The largest absolute Gasteiger partial charge is 0.342 e. The van der Waals surface area contributed by atoms with Crippen LogP contribution in [0.2, 0.25) is 0 Å². The van der Waals surface area contributed by atoms with Gasteiger partial charge in [-0.1, -0.05) is 20.8 Å². The van der Waals surface area contributed by atoms with Gasteiger partial charge in [0.05, 0.1) is 5.54 Å². The molecule has 5 nitrogen and oxygen atoms in total. The number of carbonyl (C=O) groups is 2. The Bertz CT molecular complexity index is 338. The fourth-order valence-corrected chi connectivity index (χ4v) is 2.49. The number of carbonyl (C=O) groups excluding carboxylic acids is 2. The maximum atomic E-state index is 12.1. The lowest BCUT2D eigenvalue weighted by atomic mass is 9.86. The summed E-state index contributed by atoms with van der Waals surface area (Å²) in [7, 11) is 0. The van der Waals surface area contributed by atoms with E-state index in [1.807, 2.05) is 25.7 Å². The van der Waals surface area contributed by atoms with Gasteiger partial charge in [0.1, 0.15) is 0 Å². The van der Waals surface area contributed by atoms with Crippen LogP contribution in [0.15, 0.2) is 0 Å². The van der Waals surface area contributed by atoms with E-state index < -0.39 is 0 Å². The summed E-state index contributed by atoms with van der Waals surface area (Å²) in [4.78, 5) is 25.2. The van der Waals surface area contributed by atoms with Gasteiger partial charge >= 0.3 is 6.03 Å². The van der Waals surface area contributed by atoms with E-state index in [1.165, 1.54) is 0 Å². The van der Waals surface area contributed by atoms with Gasteiger partial charge in [0.15, 0.2) is 0 Å². The van der Waals surface area contributed by atoms with E-state index in [0.717, 1.165) is 25.9 Å². The Balaban J connectivity index is 1.95. The van der Waals surface area contributed by atoms with Crippen molar-refractivity contribution in [3.8, 4) is 0 Å². The molecule has 0 unspecified atom stereocenters. The second-order valence-electron chi connectivity index (χ2n) is 6.13. The molecule has 2 rings (SSSR count). The Morgan fingerprint density at radius 2 is 1.88 bits per heavy atom. The molecule has 1 spiro atoms. The predicted molar refractivity (Wildman–Crippen MR) is 64.5 cm³/mol. The zero-order valence-electron chi connectivity index (χ0n) is 10.8. The quantitative estimate of drug-likeness (QED) is 0.654. The van der Waals surface area contributed by atoms with Gasteiger partial charge in [-0.3, -0.25) is 4.79 Å². The molecule has 0 radical (unpaired) electrons. The van der Waals surface area contributed by atoms with E-state index in [0.29, 0.717) is 6.54 Å². The molecule has 0 aromatic heterocycles. The number of piperidine rings is 1. The lowest BCUT2D eigenvalue weighted by Crippen LogP contribution is -2.55. The second-order valence-corrected chi connectivity index (χ2v) is 6.13. The van der Waals surface area contributed by atoms with Gasteiger partial charge in [-0.05, 0) is 12.8 Å². The summed E-state index contributed by atoms with van der Waals surface area (Å²) in [6, 6.07) is -0.0828. The van der Waals surface area contributed by atoms with Crippen molar-refractivity contribution < 1.29 is 9.59 Å². The average Bonchev–Trinajstić information content (AvgIpc) is 2.59. The minimum atomic E-state index is -0.318. The molecule has 96 valence electrons. The molecule has 17 heavy (non-hydrogen) atoms. The Morgan fingerprint density at radius 3 is 2.29 bits per heavy atom. The molecular formula is C12H21N3O2. The molecule has 0 bridgehead atoms. The van der Waals surface area contributed by atoms with Gasteiger partial charge in [-0.15, -0.1) is 0 Å². The lowest BCUT2D eigenvalue weighted by Gasteiger charge is -2.40. The summed E-state index contributed by atoms with van der Waals surface area (Å²) in [6.07, 6.45) is 1.68. The van der Waals surface area contributed by atoms with Crippen molar-refractivity contribution in [1.82, 2.24) is 15.5 Å². The smallest absolute Gasteiger partial charge is 0.315 e. The van der Waals surface area contributed by atoms with Gasteiger partial charge in [-0.25, -0.2) is 4.79 Å². The van der Waals surface area contributed by atoms with Gasteiger partial charge < -0.3 is 15.5 Å². The van der Waals surface area contributed by atoms with Crippen LogP contribution < -0.4 is 10.6 Å². The van der Waals surface area contributed by atoms with Crippen LogP contribution in [0.3, 0.4) is 0 Å². The molecule has 0 atom stereocenters. The first-order chi connectivity index (χ1) is 7.82. The molecule has 0 aromatic rings. The van der Waals surface area contributed by atoms with Crippen LogP contribution in [0.5, 0.6) is 0 Å². The summed E-state index contributed by atoms with van der Waals surface area (Å²) in [6.45, 7) is 7.98. The molecular weight excluding hydrogens is 218 g/mol. The summed E-state index contributed by atoms with van der Waals surface area (Å²) in [5.74, 6) is 0.199. The molecule has 2 aliphatic heterocycles. The minimum Gasteiger partial charge on any atom is -0.342 e. The zero-order chi connectivity index (χ0) is 12.7. The fourth-order valence-electron chi connectivity index (χ4n) is 2.49. The second kappa shape index (κ2) is 3.89. The number of hydrogen-bond donors (Lipinski definition) is 2.